The van der Waals surface area contributed by atoms with E-state index in [-0.39, 0.29) is 25.2 Å². The molecule has 1 amide bonds. The molecule has 9 heteroatoms. The van der Waals surface area contributed by atoms with E-state index >= 15 is 0 Å². The van der Waals surface area contributed by atoms with Crippen LogP contribution in [0.4, 0.5) is 0 Å². The van der Waals surface area contributed by atoms with Crippen LogP contribution < -0.4 is 14.2 Å². The number of ether oxygens (including phenoxy) is 4. The quantitative estimate of drug-likeness (QED) is 0.344. The topological polar surface area (TPSA) is 73.0 Å². The summed E-state index contributed by atoms with van der Waals surface area (Å²) < 4.78 is 23.0. The van der Waals surface area contributed by atoms with Crippen LogP contribution in [0.5, 0.6) is 17.2 Å². The highest BCUT2D eigenvalue weighted by atomic mass is 35.5. The number of methoxy groups -OCH3 is 1. The van der Waals surface area contributed by atoms with Gasteiger partial charge in [-0.1, -0.05) is 47.5 Å². The van der Waals surface area contributed by atoms with Crippen LogP contribution in [-0.4, -0.2) is 61.9 Å². The predicted molar refractivity (Wildman–Crippen MR) is 136 cm³/mol. The van der Waals surface area contributed by atoms with Crippen LogP contribution in [0.15, 0.2) is 54.6 Å². The van der Waals surface area contributed by atoms with E-state index in [0.29, 0.717) is 41.2 Å². The molecule has 0 radical (unpaired) electrons. The molecule has 2 heterocycles. The van der Waals surface area contributed by atoms with E-state index in [2.05, 4.69) is 11.1 Å². The largest absolute Gasteiger partial charge is 0.493 e. The molecule has 1 N–H and O–H groups in total. The number of morpholine rings is 1. The summed E-state index contributed by atoms with van der Waals surface area (Å²) in [6.45, 7) is 1.39. The molecule has 0 saturated carbocycles. The van der Waals surface area contributed by atoms with Gasteiger partial charge in [-0.3, -0.25) is 4.79 Å². The van der Waals surface area contributed by atoms with Crippen LogP contribution in [0.3, 0.4) is 0 Å². The van der Waals surface area contributed by atoms with Crippen LogP contribution in [0.2, 0.25) is 10.0 Å². The number of aromatic nitrogens is 1. The van der Waals surface area contributed by atoms with Gasteiger partial charge in [0.05, 0.1) is 35.8 Å². The van der Waals surface area contributed by atoms with Gasteiger partial charge in [0.15, 0.2) is 11.5 Å². The van der Waals surface area contributed by atoms with Crippen LogP contribution in [0, 0.1) is 0 Å². The normalized spacial score (nSPS) is 16.1. The maximum atomic E-state index is 12.4. The minimum Gasteiger partial charge on any atom is -0.493 e. The fraction of sp³-hybridized carbons (Fsp3) is 0.269. The average molecular weight is 515 g/mol. The predicted octanol–water partition coefficient (Wildman–Crippen LogP) is 5.32. The fourth-order valence-corrected chi connectivity index (χ4v) is 4.52. The van der Waals surface area contributed by atoms with Crippen molar-refractivity contribution < 1.29 is 23.7 Å². The van der Waals surface area contributed by atoms with Crippen molar-refractivity contribution in [3.8, 4) is 17.2 Å². The Kier molecular flexibility index (Phi) is 6.90. The van der Waals surface area contributed by atoms with Gasteiger partial charge in [0, 0.05) is 28.4 Å². The van der Waals surface area contributed by atoms with Crippen LogP contribution in [0.1, 0.15) is 0 Å². The van der Waals surface area contributed by atoms with E-state index in [4.69, 9.17) is 42.1 Å². The maximum Gasteiger partial charge on any atom is 0.248 e. The number of hydrogen-bond donors (Lipinski definition) is 1. The minimum absolute atomic E-state index is 0.00140. The number of rotatable bonds is 8. The summed E-state index contributed by atoms with van der Waals surface area (Å²) in [6.07, 6.45) is -0.257. The van der Waals surface area contributed by atoms with Gasteiger partial charge in [-0.05, 0) is 18.2 Å². The average Bonchev–Trinajstić information content (AvgIpc) is 3.25. The third-order valence-electron chi connectivity index (χ3n) is 5.96. The molecule has 0 bridgehead atoms. The van der Waals surface area contributed by atoms with Gasteiger partial charge in [0.2, 0.25) is 5.91 Å². The highest BCUT2D eigenvalue weighted by Crippen LogP contribution is 2.36. The summed E-state index contributed by atoms with van der Waals surface area (Å²) in [5.74, 6) is 1.63. The van der Waals surface area contributed by atoms with Crippen molar-refractivity contribution in [2.24, 2.45) is 0 Å². The van der Waals surface area contributed by atoms with Crippen LogP contribution in [0.25, 0.3) is 21.8 Å². The molecule has 1 aliphatic rings. The zero-order chi connectivity index (χ0) is 24.4. The lowest BCUT2D eigenvalue weighted by Crippen LogP contribution is -2.49. The molecular formula is C26H24Cl2N2O5. The van der Waals surface area contributed by atoms with E-state index in [1.54, 1.807) is 17.0 Å². The van der Waals surface area contributed by atoms with Gasteiger partial charge in [0.25, 0.3) is 0 Å². The van der Waals surface area contributed by atoms with E-state index in [0.717, 1.165) is 27.6 Å². The number of fused-ring (bicyclic) bond motifs is 3. The Bertz CT molecular complexity index is 1370. The lowest BCUT2D eigenvalue weighted by Gasteiger charge is -2.32. The molecule has 1 saturated heterocycles. The van der Waals surface area contributed by atoms with Crippen LogP contribution >= 0.6 is 23.2 Å². The second kappa shape index (κ2) is 10.2. The first-order chi connectivity index (χ1) is 17.0. The summed E-state index contributed by atoms with van der Waals surface area (Å²) >= 11 is 12.1. The van der Waals surface area contributed by atoms with Crippen molar-refractivity contribution in [2.45, 2.75) is 6.10 Å². The van der Waals surface area contributed by atoms with Gasteiger partial charge >= 0.3 is 0 Å². The van der Waals surface area contributed by atoms with Gasteiger partial charge < -0.3 is 28.8 Å². The standard InChI is InChI=1S/C26H24Cl2N2O5/c1-32-23-11-18(27)19(28)12-24(23)33-10-9-30-13-16(34-15-25(30)31)14-35-22-8-4-7-21-26(22)17-5-2-3-6-20(17)29-21/h2-8,11-12,16,29H,9-10,13-15H2,1H3. The second-order valence-corrected chi connectivity index (χ2v) is 9.01. The summed E-state index contributed by atoms with van der Waals surface area (Å²) in [7, 11) is 1.53. The summed E-state index contributed by atoms with van der Waals surface area (Å²) in [4.78, 5) is 17.5. The summed E-state index contributed by atoms with van der Waals surface area (Å²) in [6, 6.07) is 17.3. The van der Waals surface area contributed by atoms with E-state index in [9.17, 15) is 4.79 Å². The van der Waals surface area contributed by atoms with Crippen LogP contribution in [-0.2, 0) is 9.53 Å². The molecule has 1 fully saturated rings. The first kappa shape index (κ1) is 23.6. The lowest BCUT2D eigenvalue weighted by molar-refractivity contribution is -0.150. The third kappa shape index (κ3) is 4.98. The van der Waals surface area contributed by atoms with Gasteiger partial charge in [-0.25, -0.2) is 0 Å². The molecule has 4 aromatic rings. The number of nitrogens with one attached hydrogen (secondary N) is 1. The monoisotopic (exact) mass is 514 g/mol. The number of carbonyl (C=O) groups excluding carboxylic acids is 1. The number of para-hydroxylation sites is 1. The molecule has 1 aromatic heterocycles. The van der Waals surface area contributed by atoms with E-state index in [1.807, 2.05) is 36.4 Å². The zero-order valence-electron chi connectivity index (χ0n) is 19.1. The molecule has 1 atom stereocenters. The molecule has 5 rings (SSSR count). The SMILES string of the molecule is COc1cc(Cl)c(Cl)cc1OCCN1CC(COc2cccc3[nH]c4ccccc4c23)OCC1=O. The number of amides is 1. The van der Waals surface area contributed by atoms with Gasteiger partial charge in [-0.15, -0.1) is 0 Å². The Morgan fingerprint density at radius 2 is 1.77 bits per heavy atom. The molecule has 0 spiro atoms. The smallest absolute Gasteiger partial charge is 0.248 e. The Labute approximate surface area is 212 Å². The van der Waals surface area contributed by atoms with E-state index < -0.39 is 0 Å². The molecule has 7 nitrogen and oxygen atoms in total. The first-order valence-electron chi connectivity index (χ1n) is 11.2. The zero-order valence-corrected chi connectivity index (χ0v) is 20.6. The second-order valence-electron chi connectivity index (χ2n) is 8.20. The van der Waals surface area contributed by atoms with Crippen molar-refractivity contribution in [1.82, 2.24) is 9.88 Å². The van der Waals surface area contributed by atoms with E-state index in [1.165, 1.54) is 7.11 Å². The van der Waals surface area contributed by atoms with Gasteiger partial charge in [-0.2, -0.15) is 0 Å². The Hall–Kier alpha value is -3.13. The Morgan fingerprint density at radius 3 is 2.60 bits per heavy atom. The number of H-pyrrole nitrogens is 1. The Balaban J connectivity index is 1.21. The third-order valence-corrected chi connectivity index (χ3v) is 6.68. The lowest BCUT2D eigenvalue weighted by atomic mass is 10.1. The minimum atomic E-state index is -0.257. The van der Waals surface area contributed by atoms with Crippen molar-refractivity contribution in [2.75, 3.05) is 40.0 Å². The number of nitrogens with zero attached hydrogens (tertiary/aromatic N) is 1. The summed E-state index contributed by atoms with van der Waals surface area (Å²) in [5.41, 5.74) is 2.07. The first-order valence-corrected chi connectivity index (χ1v) is 12.0. The Morgan fingerprint density at radius 1 is 1.00 bits per heavy atom. The molecule has 182 valence electrons. The van der Waals surface area contributed by atoms with Crippen molar-refractivity contribution in [1.29, 1.82) is 0 Å². The number of aromatic amines is 1. The number of benzene rings is 3. The number of hydrogen-bond acceptors (Lipinski definition) is 5. The molecule has 35 heavy (non-hydrogen) atoms. The highest BCUT2D eigenvalue weighted by molar-refractivity contribution is 6.42. The van der Waals surface area contributed by atoms with Crippen molar-refractivity contribution in [3.63, 3.8) is 0 Å². The van der Waals surface area contributed by atoms with Crippen molar-refractivity contribution in [3.05, 3.63) is 64.6 Å². The molecule has 1 unspecified atom stereocenters. The maximum absolute atomic E-state index is 12.4. The summed E-state index contributed by atoms with van der Waals surface area (Å²) in [5, 5.41) is 2.89. The molecule has 1 aliphatic heterocycles. The number of carbonyl (C=O) groups is 1. The van der Waals surface area contributed by atoms with Crippen molar-refractivity contribution >= 4 is 50.9 Å². The highest BCUT2D eigenvalue weighted by Gasteiger charge is 2.27. The molecule has 0 aliphatic carbocycles. The van der Waals surface area contributed by atoms with Gasteiger partial charge in [0.1, 0.15) is 31.7 Å². The number of halogens is 2. The molecule has 3 aromatic carbocycles. The molecular weight excluding hydrogens is 491 g/mol. The fourth-order valence-electron chi connectivity index (χ4n) is 4.22.